The summed E-state index contributed by atoms with van der Waals surface area (Å²) in [4.78, 5) is 31.0. The number of likely N-dealkylation sites (tertiary alicyclic amines) is 1. The first-order chi connectivity index (χ1) is 13.9. The largest absolute Gasteiger partial charge is 0.341 e. The maximum absolute atomic E-state index is 13.4. The first-order valence-corrected chi connectivity index (χ1v) is 10.1. The molecule has 1 amide bonds. The predicted octanol–water partition coefficient (Wildman–Crippen LogP) is 3.33. The van der Waals surface area contributed by atoms with E-state index in [0.717, 1.165) is 53.8 Å². The van der Waals surface area contributed by atoms with Gasteiger partial charge in [0, 0.05) is 43.5 Å². The highest BCUT2D eigenvalue weighted by molar-refractivity contribution is 6.07. The Morgan fingerprint density at radius 3 is 2.69 bits per heavy atom. The maximum Gasteiger partial charge on any atom is 0.254 e. The molecule has 1 saturated heterocycles. The minimum atomic E-state index is 0.0341. The number of rotatable bonds is 4. The Kier molecular flexibility index (Phi) is 5.28. The van der Waals surface area contributed by atoms with Crippen LogP contribution in [0.2, 0.25) is 0 Å². The number of amides is 1. The lowest BCUT2D eigenvalue weighted by Crippen LogP contribution is -2.33. The van der Waals surface area contributed by atoms with Crippen LogP contribution in [-0.2, 0) is 0 Å². The SMILES string of the molecule is Cc1ncc(-c2cc(C(=O)N(C)CC3CCN(C)C3)c3cccc(C)c3n2)cn1. The van der Waals surface area contributed by atoms with Crippen molar-refractivity contribution in [2.75, 3.05) is 33.7 Å². The second kappa shape index (κ2) is 7.87. The van der Waals surface area contributed by atoms with Crippen LogP contribution in [-0.4, -0.2) is 64.4 Å². The molecule has 150 valence electrons. The lowest BCUT2D eigenvalue weighted by Gasteiger charge is -2.22. The van der Waals surface area contributed by atoms with E-state index in [1.807, 2.05) is 50.1 Å². The van der Waals surface area contributed by atoms with Gasteiger partial charge in [-0.2, -0.15) is 0 Å². The molecule has 0 radical (unpaired) electrons. The predicted molar refractivity (Wildman–Crippen MR) is 115 cm³/mol. The van der Waals surface area contributed by atoms with Crippen LogP contribution in [0.1, 0.15) is 28.2 Å². The van der Waals surface area contributed by atoms with Crippen LogP contribution >= 0.6 is 0 Å². The van der Waals surface area contributed by atoms with E-state index in [2.05, 4.69) is 21.9 Å². The summed E-state index contributed by atoms with van der Waals surface area (Å²) >= 11 is 0. The van der Waals surface area contributed by atoms with Crippen LogP contribution in [0.5, 0.6) is 0 Å². The number of aromatic nitrogens is 3. The molecule has 1 fully saturated rings. The fourth-order valence-electron chi connectivity index (χ4n) is 4.09. The van der Waals surface area contributed by atoms with Gasteiger partial charge in [0.05, 0.1) is 16.8 Å². The van der Waals surface area contributed by atoms with Crippen LogP contribution in [0, 0.1) is 19.8 Å². The standard InChI is InChI=1S/C23H27N5O/c1-15-6-5-7-19-20(23(29)28(4)14-17-8-9-27(3)13-17)10-21(26-22(15)19)18-11-24-16(2)25-12-18/h5-7,10-12,17H,8-9,13-14H2,1-4H3. The zero-order valence-corrected chi connectivity index (χ0v) is 17.5. The summed E-state index contributed by atoms with van der Waals surface area (Å²) in [6.45, 7) is 6.78. The summed E-state index contributed by atoms with van der Waals surface area (Å²) in [5, 5.41) is 0.891. The van der Waals surface area contributed by atoms with Crippen molar-refractivity contribution < 1.29 is 4.79 Å². The average Bonchev–Trinajstić information content (AvgIpc) is 3.12. The summed E-state index contributed by atoms with van der Waals surface area (Å²) in [6.07, 6.45) is 4.67. The molecule has 1 aliphatic rings. The molecule has 1 atom stereocenters. The molecule has 29 heavy (non-hydrogen) atoms. The van der Waals surface area contributed by atoms with E-state index in [1.54, 1.807) is 12.4 Å². The summed E-state index contributed by atoms with van der Waals surface area (Å²) in [6, 6.07) is 7.87. The third-order valence-electron chi connectivity index (χ3n) is 5.72. The molecule has 1 aliphatic heterocycles. The van der Waals surface area contributed by atoms with E-state index in [1.165, 1.54) is 0 Å². The first-order valence-electron chi connectivity index (χ1n) is 10.1. The zero-order valence-electron chi connectivity index (χ0n) is 17.5. The molecule has 0 N–H and O–H groups in total. The van der Waals surface area contributed by atoms with E-state index in [4.69, 9.17) is 4.98 Å². The van der Waals surface area contributed by atoms with E-state index in [0.29, 0.717) is 17.3 Å². The van der Waals surface area contributed by atoms with Gasteiger partial charge in [-0.1, -0.05) is 18.2 Å². The monoisotopic (exact) mass is 389 g/mol. The molecular formula is C23H27N5O. The van der Waals surface area contributed by atoms with Gasteiger partial charge in [0.25, 0.3) is 5.91 Å². The van der Waals surface area contributed by atoms with Crippen molar-refractivity contribution in [2.45, 2.75) is 20.3 Å². The highest BCUT2D eigenvalue weighted by Crippen LogP contribution is 2.27. The lowest BCUT2D eigenvalue weighted by atomic mass is 10.0. The van der Waals surface area contributed by atoms with Gasteiger partial charge in [-0.25, -0.2) is 15.0 Å². The molecule has 1 aromatic carbocycles. The Morgan fingerprint density at radius 2 is 2.00 bits per heavy atom. The van der Waals surface area contributed by atoms with Crippen molar-refractivity contribution in [3.63, 3.8) is 0 Å². The number of para-hydroxylation sites is 1. The van der Waals surface area contributed by atoms with Crippen molar-refractivity contribution >= 4 is 16.8 Å². The van der Waals surface area contributed by atoms with Gasteiger partial charge < -0.3 is 9.80 Å². The van der Waals surface area contributed by atoms with E-state index >= 15 is 0 Å². The van der Waals surface area contributed by atoms with Crippen LogP contribution in [0.4, 0.5) is 0 Å². The highest BCUT2D eigenvalue weighted by Gasteiger charge is 2.24. The topological polar surface area (TPSA) is 62.2 Å². The van der Waals surface area contributed by atoms with E-state index in [-0.39, 0.29) is 5.91 Å². The first kappa shape index (κ1) is 19.5. The van der Waals surface area contributed by atoms with Crippen LogP contribution in [0.25, 0.3) is 22.2 Å². The molecule has 0 aliphatic carbocycles. The molecule has 4 rings (SSSR count). The van der Waals surface area contributed by atoms with Crippen molar-refractivity contribution in [3.8, 4) is 11.3 Å². The quantitative estimate of drug-likeness (QED) is 0.685. The summed E-state index contributed by atoms with van der Waals surface area (Å²) in [7, 11) is 4.04. The molecule has 3 aromatic rings. The van der Waals surface area contributed by atoms with Gasteiger partial charge in [-0.15, -0.1) is 0 Å². The van der Waals surface area contributed by atoms with Gasteiger partial charge >= 0.3 is 0 Å². The van der Waals surface area contributed by atoms with Gasteiger partial charge in [0.2, 0.25) is 0 Å². The summed E-state index contributed by atoms with van der Waals surface area (Å²) in [5.74, 6) is 1.27. The molecule has 6 heteroatoms. The average molecular weight is 390 g/mol. The molecule has 3 heterocycles. The Bertz CT molecular complexity index is 1050. The highest BCUT2D eigenvalue weighted by atomic mass is 16.2. The molecule has 1 unspecified atom stereocenters. The van der Waals surface area contributed by atoms with Crippen molar-refractivity contribution in [3.05, 3.63) is 53.6 Å². The number of hydrogen-bond acceptors (Lipinski definition) is 5. The fourth-order valence-corrected chi connectivity index (χ4v) is 4.09. The number of fused-ring (bicyclic) bond motifs is 1. The van der Waals surface area contributed by atoms with Crippen molar-refractivity contribution in [2.24, 2.45) is 5.92 Å². The molecular weight excluding hydrogens is 362 g/mol. The van der Waals surface area contributed by atoms with Gasteiger partial charge in [-0.3, -0.25) is 4.79 Å². The molecule has 6 nitrogen and oxygen atoms in total. The number of benzene rings is 1. The normalized spacial score (nSPS) is 17.0. The Balaban J connectivity index is 1.74. The second-order valence-electron chi connectivity index (χ2n) is 8.15. The molecule has 0 bridgehead atoms. The number of carbonyl (C=O) groups is 1. The molecule has 2 aromatic heterocycles. The van der Waals surface area contributed by atoms with E-state index in [9.17, 15) is 4.79 Å². The third kappa shape index (κ3) is 3.98. The van der Waals surface area contributed by atoms with Crippen LogP contribution in [0.3, 0.4) is 0 Å². The zero-order chi connectivity index (χ0) is 20.5. The fraction of sp³-hybridized carbons (Fsp3) is 0.391. The number of nitrogens with zero attached hydrogens (tertiary/aromatic N) is 5. The lowest BCUT2D eigenvalue weighted by molar-refractivity contribution is 0.0776. The van der Waals surface area contributed by atoms with Gasteiger partial charge in [0.15, 0.2) is 0 Å². The number of pyridine rings is 1. The van der Waals surface area contributed by atoms with Crippen molar-refractivity contribution in [1.82, 2.24) is 24.8 Å². The smallest absolute Gasteiger partial charge is 0.254 e. The summed E-state index contributed by atoms with van der Waals surface area (Å²) < 4.78 is 0. The summed E-state index contributed by atoms with van der Waals surface area (Å²) in [5.41, 5.74) is 4.12. The molecule has 0 spiro atoms. The van der Waals surface area contributed by atoms with Crippen LogP contribution < -0.4 is 0 Å². The Hall–Kier alpha value is -2.86. The molecule has 0 saturated carbocycles. The minimum Gasteiger partial charge on any atom is -0.341 e. The minimum absolute atomic E-state index is 0.0341. The van der Waals surface area contributed by atoms with Gasteiger partial charge in [0.1, 0.15) is 5.82 Å². The maximum atomic E-state index is 13.4. The number of aryl methyl sites for hydroxylation is 2. The second-order valence-corrected chi connectivity index (χ2v) is 8.15. The number of hydrogen-bond donors (Lipinski definition) is 0. The third-order valence-corrected chi connectivity index (χ3v) is 5.72. The van der Waals surface area contributed by atoms with Crippen LogP contribution in [0.15, 0.2) is 36.7 Å². The Morgan fingerprint density at radius 1 is 1.24 bits per heavy atom. The van der Waals surface area contributed by atoms with Crippen molar-refractivity contribution in [1.29, 1.82) is 0 Å². The number of carbonyl (C=O) groups excluding carboxylic acids is 1. The van der Waals surface area contributed by atoms with E-state index < -0.39 is 0 Å². The Labute approximate surface area is 171 Å². The van der Waals surface area contributed by atoms with Gasteiger partial charge in [-0.05, 0) is 51.4 Å².